The fourth-order valence-electron chi connectivity index (χ4n) is 5.38. The molecule has 2 N–H and O–H groups in total. The molecule has 0 aliphatic heterocycles. The standard InChI is InChI=1S/C35H51N2O5/c1-4-30(32-9-6-5-7-10-32)24-34(33-11-15-36-16-12-33)23-28(2)31-13-17-37(18-14-31)25-35(39)27-41-21-22-42-29(3)26-40-20-8-19-38/h5-7,9-18,28-30,34-35,38-39H,4,8,19-27H2,1-3H3/q+1. The number of benzene rings is 1. The number of hydrogen-bond donors (Lipinski definition) is 2. The van der Waals surface area contributed by atoms with Crippen LogP contribution >= 0.6 is 0 Å². The van der Waals surface area contributed by atoms with Crippen molar-refractivity contribution in [2.75, 3.05) is 39.6 Å². The number of nitrogens with zero attached hydrogens (tertiary/aromatic N) is 2. The molecular formula is C35H51N2O5+. The Balaban J connectivity index is 1.46. The van der Waals surface area contributed by atoms with Crippen LogP contribution in [0.15, 0.2) is 79.4 Å². The van der Waals surface area contributed by atoms with Crippen molar-refractivity contribution in [3.05, 3.63) is 96.1 Å². The van der Waals surface area contributed by atoms with E-state index < -0.39 is 6.10 Å². The Bertz CT molecular complexity index is 1080. The van der Waals surface area contributed by atoms with Crippen molar-refractivity contribution >= 4 is 0 Å². The predicted molar refractivity (Wildman–Crippen MR) is 165 cm³/mol. The molecule has 0 bridgehead atoms. The molecule has 0 saturated heterocycles. The van der Waals surface area contributed by atoms with Crippen molar-refractivity contribution in [1.82, 2.24) is 4.98 Å². The van der Waals surface area contributed by atoms with Crippen LogP contribution in [0.5, 0.6) is 0 Å². The summed E-state index contributed by atoms with van der Waals surface area (Å²) in [5, 5.41) is 19.2. The molecule has 0 aliphatic rings. The normalized spacial score (nSPS) is 15.2. The van der Waals surface area contributed by atoms with Gasteiger partial charge in [-0.3, -0.25) is 4.98 Å². The summed E-state index contributed by atoms with van der Waals surface area (Å²) >= 11 is 0. The van der Waals surface area contributed by atoms with Gasteiger partial charge in [-0.1, -0.05) is 44.2 Å². The molecular weight excluding hydrogens is 528 g/mol. The molecule has 0 aliphatic carbocycles. The summed E-state index contributed by atoms with van der Waals surface area (Å²) in [4.78, 5) is 4.26. The van der Waals surface area contributed by atoms with E-state index in [1.807, 2.05) is 23.9 Å². The van der Waals surface area contributed by atoms with E-state index in [0.29, 0.717) is 57.1 Å². The molecule has 7 nitrogen and oxygen atoms in total. The van der Waals surface area contributed by atoms with E-state index in [0.717, 1.165) is 19.3 Å². The van der Waals surface area contributed by atoms with Crippen LogP contribution in [0.3, 0.4) is 0 Å². The lowest BCUT2D eigenvalue weighted by Gasteiger charge is -2.26. The minimum Gasteiger partial charge on any atom is -0.396 e. The lowest BCUT2D eigenvalue weighted by atomic mass is 9.79. The monoisotopic (exact) mass is 579 g/mol. The second kappa shape index (κ2) is 19.5. The molecule has 5 atom stereocenters. The van der Waals surface area contributed by atoms with Gasteiger partial charge >= 0.3 is 0 Å². The maximum absolute atomic E-state index is 10.5. The van der Waals surface area contributed by atoms with Gasteiger partial charge in [-0.2, -0.15) is 0 Å². The lowest BCUT2D eigenvalue weighted by molar-refractivity contribution is -0.704. The number of rotatable bonds is 21. The van der Waals surface area contributed by atoms with Crippen molar-refractivity contribution in [3.63, 3.8) is 0 Å². The zero-order chi connectivity index (χ0) is 30.0. The van der Waals surface area contributed by atoms with Gasteiger partial charge in [-0.05, 0) is 79.2 Å². The summed E-state index contributed by atoms with van der Waals surface area (Å²) in [5.74, 6) is 1.34. The van der Waals surface area contributed by atoms with Crippen LogP contribution in [0.1, 0.15) is 80.9 Å². The Morgan fingerprint density at radius 3 is 2.17 bits per heavy atom. The third-order valence-corrected chi connectivity index (χ3v) is 7.80. The van der Waals surface area contributed by atoms with Crippen LogP contribution in [0.4, 0.5) is 0 Å². The number of aromatic nitrogens is 2. The van der Waals surface area contributed by atoms with Crippen LogP contribution < -0.4 is 4.57 Å². The first-order valence-electron chi connectivity index (χ1n) is 15.5. The molecule has 230 valence electrons. The molecule has 0 amide bonds. The molecule has 0 fully saturated rings. The largest absolute Gasteiger partial charge is 0.396 e. The van der Waals surface area contributed by atoms with Crippen molar-refractivity contribution in [3.8, 4) is 0 Å². The highest BCUT2D eigenvalue weighted by molar-refractivity contribution is 5.24. The van der Waals surface area contributed by atoms with Crippen molar-refractivity contribution in [1.29, 1.82) is 0 Å². The summed E-state index contributed by atoms with van der Waals surface area (Å²) in [6.45, 7) is 9.29. The topological polar surface area (TPSA) is 84.9 Å². The van der Waals surface area contributed by atoms with Crippen LogP contribution in [0.2, 0.25) is 0 Å². The number of hydrogen-bond acceptors (Lipinski definition) is 6. The molecule has 2 aromatic heterocycles. The molecule has 0 spiro atoms. The summed E-state index contributed by atoms with van der Waals surface area (Å²) in [7, 11) is 0. The Hall–Kier alpha value is -2.68. The van der Waals surface area contributed by atoms with Crippen molar-refractivity contribution < 1.29 is 29.0 Å². The Morgan fingerprint density at radius 2 is 1.48 bits per heavy atom. The maximum atomic E-state index is 10.5. The Morgan fingerprint density at radius 1 is 0.786 bits per heavy atom. The molecule has 0 saturated carbocycles. The van der Waals surface area contributed by atoms with Crippen LogP contribution in [-0.2, 0) is 20.8 Å². The van der Waals surface area contributed by atoms with Gasteiger partial charge in [0.05, 0.1) is 32.5 Å². The fraction of sp³-hybridized carbons (Fsp3) is 0.543. The minimum atomic E-state index is -0.599. The SMILES string of the molecule is CCC(CC(CC(C)c1cc[n+](CC(O)COCCOC(C)COCCCO)cc1)c1ccncc1)c1ccccc1. The average molecular weight is 580 g/mol. The molecule has 2 heterocycles. The maximum Gasteiger partial charge on any atom is 0.176 e. The van der Waals surface area contributed by atoms with Gasteiger partial charge in [0.15, 0.2) is 18.9 Å². The number of aliphatic hydroxyl groups is 2. The Kier molecular flexibility index (Phi) is 15.7. The van der Waals surface area contributed by atoms with E-state index in [-0.39, 0.29) is 19.3 Å². The van der Waals surface area contributed by atoms with Gasteiger partial charge in [-0.15, -0.1) is 0 Å². The molecule has 3 aromatic rings. The van der Waals surface area contributed by atoms with E-state index in [4.69, 9.17) is 19.3 Å². The number of aliphatic hydroxyl groups excluding tert-OH is 2. The smallest absolute Gasteiger partial charge is 0.176 e. The molecule has 42 heavy (non-hydrogen) atoms. The summed E-state index contributed by atoms with van der Waals surface area (Å²) in [5.41, 5.74) is 4.07. The summed E-state index contributed by atoms with van der Waals surface area (Å²) < 4.78 is 18.7. The number of pyridine rings is 2. The van der Waals surface area contributed by atoms with Crippen LogP contribution in [-0.4, -0.2) is 67.0 Å². The third kappa shape index (κ3) is 12.3. The van der Waals surface area contributed by atoms with Crippen LogP contribution in [0.25, 0.3) is 0 Å². The van der Waals surface area contributed by atoms with E-state index >= 15 is 0 Å². The molecule has 0 radical (unpaired) electrons. The first-order valence-corrected chi connectivity index (χ1v) is 15.5. The van der Waals surface area contributed by atoms with Gasteiger partial charge < -0.3 is 24.4 Å². The molecule has 7 heteroatoms. The van der Waals surface area contributed by atoms with Gasteiger partial charge in [0.1, 0.15) is 6.10 Å². The second-order valence-corrected chi connectivity index (χ2v) is 11.3. The second-order valence-electron chi connectivity index (χ2n) is 11.3. The molecule has 5 unspecified atom stereocenters. The third-order valence-electron chi connectivity index (χ3n) is 7.80. The van der Waals surface area contributed by atoms with E-state index in [9.17, 15) is 5.11 Å². The van der Waals surface area contributed by atoms with E-state index in [1.54, 1.807) is 0 Å². The quantitative estimate of drug-likeness (QED) is 0.130. The predicted octanol–water partition coefficient (Wildman–Crippen LogP) is 5.41. The minimum absolute atomic E-state index is 0.0365. The summed E-state index contributed by atoms with van der Waals surface area (Å²) in [6.07, 6.45) is 11.2. The Labute approximate surface area is 252 Å². The first kappa shape index (κ1) is 33.8. The molecule has 3 rings (SSSR count). The highest BCUT2D eigenvalue weighted by atomic mass is 16.6. The fourth-order valence-corrected chi connectivity index (χ4v) is 5.38. The highest BCUT2D eigenvalue weighted by Crippen LogP contribution is 2.38. The van der Waals surface area contributed by atoms with Crippen molar-refractivity contribution in [2.45, 2.75) is 83.0 Å². The zero-order valence-electron chi connectivity index (χ0n) is 25.7. The molecule has 1 aromatic carbocycles. The first-order chi connectivity index (χ1) is 20.5. The zero-order valence-corrected chi connectivity index (χ0v) is 25.7. The van der Waals surface area contributed by atoms with E-state index in [1.165, 1.54) is 16.7 Å². The van der Waals surface area contributed by atoms with Gasteiger partial charge in [-0.25, -0.2) is 4.57 Å². The highest BCUT2D eigenvalue weighted by Gasteiger charge is 2.22. The van der Waals surface area contributed by atoms with E-state index in [2.05, 4.69) is 85.8 Å². The van der Waals surface area contributed by atoms with Crippen LogP contribution in [0, 0.1) is 0 Å². The van der Waals surface area contributed by atoms with Crippen molar-refractivity contribution in [2.24, 2.45) is 0 Å². The van der Waals surface area contributed by atoms with Gasteiger partial charge in [0.2, 0.25) is 0 Å². The summed E-state index contributed by atoms with van der Waals surface area (Å²) in [6, 6.07) is 19.6. The average Bonchev–Trinajstić information content (AvgIpc) is 3.02. The van der Waals surface area contributed by atoms with Gasteiger partial charge in [0.25, 0.3) is 0 Å². The number of ether oxygens (including phenoxy) is 3. The van der Waals surface area contributed by atoms with Gasteiger partial charge in [0, 0.05) is 37.7 Å². The lowest BCUT2D eigenvalue weighted by Crippen LogP contribution is -2.41.